The molecule has 3 N–H and O–H groups in total. The van der Waals surface area contributed by atoms with Gasteiger partial charge in [-0.2, -0.15) is 0 Å². The Labute approximate surface area is 594 Å². The second-order valence-electron chi connectivity index (χ2n) is 29.5. The number of esters is 4. The molecule has 0 aliphatic heterocycles. The number of aliphatic hydroxyl groups excluding tert-OH is 1. The number of rotatable bonds is 75. The monoisotopic (exact) mass is 1420 g/mol. The predicted molar refractivity (Wildman–Crippen MR) is 395 cm³/mol. The van der Waals surface area contributed by atoms with Gasteiger partial charge in [-0.15, -0.1) is 0 Å². The molecule has 0 aliphatic carbocycles. The lowest BCUT2D eigenvalue weighted by atomic mass is 9.99. The van der Waals surface area contributed by atoms with Crippen molar-refractivity contribution in [2.24, 2.45) is 23.7 Å². The highest BCUT2D eigenvalue weighted by Crippen LogP contribution is 2.45. The minimum atomic E-state index is -4.96. The van der Waals surface area contributed by atoms with Crippen molar-refractivity contribution >= 4 is 39.5 Å². The standard InChI is InChI=1S/C78H152O17P2/c1-9-70(7)56-48-40-32-28-29-35-45-53-61-78(83)95-73(64-88-75(80)58-50-42-33-26-22-18-16-14-12-11-13-15-17-20-24-30-38-46-54-68(3)4)66-92-96(84,85)90-62-72(79)63-91-97(86,87)93-67-74(65-89-76(81)59-51-43-37-36-41-49-57-71(8)10-2)94-77(82)60-52-44-34-27-23-19-21-25-31-39-47-55-69(5)6/h68-74,79H,9-67H2,1-8H3,(H,84,85)(H,86,87)/t70?,71?,72-,73-,74-/m1/s1. The zero-order valence-electron chi connectivity index (χ0n) is 63.7. The first kappa shape index (κ1) is 95.1. The summed E-state index contributed by atoms with van der Waals surface area (Å²) in [5.74, 6) is 0.967. The summed E-state index contributed by atoms with van der Waals surface area (Å²) in [7, 11) is -9.92. The molecule has 0 saturated carbocycles. The van der Waals surface area contributed by atoms with Gasteiger partial charge >= 0.3 is 39.5 Å². The molecule has 7 atom stereocenters. The summed E-state index contributed by atoms with van der Waals surface area (Å²) in [5, 5.41) is 10.6. The number of phosphoric ester groups is 2. The van der Waals surface area contributed by atoms with E-state index in [9.17, 15) is 43.2 Å². The zero-order chi connectivity index (χ0) is 71.7. The van der Waals surface area contributed by atoms with Crippen molar-refractivity contribution in [2.75, 3.05) is 39.6 Å². The van der Waals surface area contributed by atoms with Gasteiger partial charge in [0.15, 0.2) is 12.2 Å². The maximum absolute atomic E-state index is 13.1. The van der Waals surface area contributed by atoms with Crippen LogP contribution < -0.4 is 0 Å². The maximum Gasteiger partial charge on any atom is 0.472 e. The van der Waals surface area contributed by atoms with Crippen LogP contribution >= 0.6 is 15.6 Å². The third-order valence-corrected chi connectivity index (χ3v) is 20.7. The Morgan fingerprint density at radius 1 is 0.289 bits per heavy atom. The number of hydrogen-bond acceptors (Lipinski definition) is 15. The van der Waals surface area contributed by atoms with Crippen LogP contribution in [0.25, 0.3) is 0 Å². The molecule has 97 heavy (non-hydrogen) atoms. The van der Waals surface area contributed by atoms with Crippen molar-refractivity contribution in [2.45, 2.75) is 414 Å². The van der Waals surface area contributed by atoms with Crippen LogP contribution in [-0.4, -0.2) is 96.7 Å². The van der Waals surface area contributed by atoms with Crippen molar-refractivity contribution in [1.29, 1.82) is 0 Å². The van der Waals surface area contributed by atoms with E-state index in [2.05, 4.69) is 55.4 Å². The summed E-state index contributed by atoms with van der Waals surface area (Å²) in [4.78, 5) is 72.9. The molecule has 17 nitrogen and oxygen atoms in total. The van der Waals surface area contributed by atoms with Crippen molar-refractivity contribution in [3.8, 4) is 0 Å². The second kappa shape index (κ2) is 67.2. The molecule has 0 aromatic heterocycles. The van der Waals surface area contributed by atoms with Crippen LogP contribution in [0.5, 0.6) is 0 Å². The van der Waals surface area contributed by atoms with E-state index in [0.29, 0.717) is 25.7 Å². The topological polar surface area (TPSA) is 237 Å². The molecule has 576 valence electrons. The Morgan fingerprint density at radius 3 is 0.732 bits per heavy atom. The lowest BCUT2D eigenvalue weighted by Gasteiger charge is -2.21. The van der Waals surface area contributed by atoms with Gasteiger partial charge in [0.05, 0.1) is 26.4 Å². The number of hydrogen-bond donors (Lipinski definition) is 3. The van der Waals surface area contributed by atoms with E-state index in [1.807, 2.05) is 0 Å². The van der Waals surface area contributed by atoms with Crippen LogP contribution in [0.3, 0.4) is 0 Å². The normalized spacial score (nSPS) is 14.6. The summed E-state index contributed by atoms with van der Waals surface area (Å²) < 4.78 is 68.6. The third kappa shape index (κ3) is 69.5. The van der Waals surface area contributed by atoms with E-state index >= 15 is 0 Å². The molecule has 0 aliphatic rings. The van der Waals surface area contributed by atoms with E-state index in [4.69, 9.17) is 37.0 Å². The highest BCUT2D eigenvalue weighted by atomic mass is 31.2. The first-order chi connectivity index (χ1) is 46.7. The smallest absolute Gasteiger partial charge is 0.462 e. The molecule has 0 aromatic carbocycles. The lowest BCUT2D eigenvalue weighted by Crippen LogP contribution is -2.30. The van der Waals surface area contributed by atoms with Gasteiger partial charge in [0.1, 0.15) is 19.3 Å². The van der Waals surface area contributed by atoms with Gasteiger partial charge in [0.2, 0.25) is 0 Å². The van der Waals surface area contributed by atoms with Crippen molar-refractivity contribution < 1.29 is 80.2 Å². The van der Waals surface area contributed by atoms with Crippen LogP contribution in [-0.2, 0) is 65.4 Å². The number of ether oxygens (including phenoxy) is 4. The molecule has 0 saturated heterocycles. The first-order valence-corrected chi connectivity index (χ1v) is 43.3. The second-order valence-corrected chi connectivity index (χ2v) is 32.4. The summed E-state index contributed by atoms with van der Waals surface area (Å²) in [6.07, 6.45) is 52.8. The van der Waals surface area contributed by atoms with E-state index in [-0.39, 0.29) is 25.7 Å². The van der Waals surface area contributed by atoms with Crippen LogP contribution in [0.2, 0.25) is 0 Å². The maximum atomic E-state index is 13.1. The molecule has 0 fully saturated rings. The SMILES string of the molecule is CCC(C)CCCCCCCCCCC(=O)O[C@H](COC(=O)CCCCCCCCCCCCCCCCCCCCC(C)C)COP(=O)(O)OC[C@@H](O)COP(=O)(O)OC[C@@H](COC(=O)CCCCCCCCC(C)CC)OC(=O)CCCCCCCCCCCCCC(C)C. The van der Waals surface area contributed by atoms with Gasteiger partial charge in [-0.25, -0.2) is 9.13 Å². The summed E-state index contributed by atoms with van der Waals surface area (Å²) in [6, 6.07) is 0. The third-order valence-electron chi connectivity index (χ3n) is 18.8. The highest BCUT2D eigenvalue weighted by Gasteiger charge is 2.30. The number of unbranched alkanes of at least 4 members (excludes halogenated alkanes) is 39. The van der Waals surface area contributed by atoms with Crippen molar-refractivity contribution in [3.63, 3.8) is 0 Å². The summed E-state index contributed by atoms with van der Waals surface area (Å²) >= 11 is 0. The Kier molecular flexibility index (Phi) is 65.9. The quantitative estimate of drug-likeness (QED) is 0.0222. The molecule has 4 unspecified atom stereocenters. The van der Waals surface area contributed by atoms with Crippen LogP contribution in [0.1, 0.15) is 396 Å². The predicted octanol–water partition coefficient (Wildman–Crippen LogP) is 22.8. The van der Waals surface area contributed by atoms with E-state index in [1.54, 1.807) is 0 Å². The highest BCUT2D eigenvalue weighted by molar-refractivity contribution is 7.47. The molecule has 0 spiro atoms. The van der Waals surface area contributed by atoms with Gasteiger partial charge in [-0.3, -0.25) is 37.3 Å². The lowest BCUT2D eigenvalue weighted by molar-refractivity contribution is -0.161. The largest absolute Gasteiger partial charge is 0.472 e. The molecular weight excluding hydrogens is 1270 g/mol. The number of carbonyl (C=O) groups is 4. The van der Waals surface area contributed by atoms with Crippen molar-refractivity contribution in [3.05, 3.63) is 0 Å². The van der Waals surface area contributed by atoms with Gasteiger partial charge < -0.3 is 33.8 Å². The van der Waals surface area contributed by atoms with E-state index < -0.39 is 97.5 Å². The molecule has 0 bridgehead atoms. The van der Waals surface area contributed by atoms with Gasteiger partial charge in [0.25, 0.3) is 0 Å². The Bertz CT molecular complexity index is 1910. The van der Waals surface area contributed by atoms with Crippen LogP contribution in [0.15, 0.2) is 0 Å². The number of phosphoric acid groups is 2. The molecule has 0 amide bonds. The van der Waals surface area contributed by atoms with Gasteiger partial charge in [0, 0.05) is 25.7 Å². The van der Waals surface area contributed by atoms with Crippen LogP contribution in [0, 0.1) is 23.7 Å². The number of carbonyl (C=O) groups excluding carboxylic acids is 4. The van der Waals surface area contributed by atoms with E-state index in [1.165, 1.54) is 193 Å². The fourth-order valence-corrected chi connectivity index (χ4v) is 13.4. The molecule has 0 heterocycles. The fourth-order valence-electron chi connectivity index (χ4n) is 11.8. The van der Waals surface area contributed by atoms with E-state index in [0.717, 1.165) is 120 Å². The molecule has 19 heteroatoms. The molecule has 0 rings (SSSR count). The minimum Gasteiger partial charge on any atom is -0.462 e. The van der Waals surface area contributed by atoms with Crippen LogP contribution in [0.4, 0.5) is 0 Å². The molecular formula is C78H152O17P2. The molecule has 0 aromatic rings. The Hall–Kier alpha value is -1.94. The average molecular weight is 1420 g/mol. The first-order valence-electron chi connectivity index (χ1n) is 40.3. The number of aliphatic hydroxyl groups is 1. The van der Waals surface area contributed by atoms with Gasteiger partial charge in [-0.1, -0.05) is 344 Å². The summed E-state index contributed by atoms with van der Waals surface area (Å²) in [5.41, 5.74) is 0. The zero-order valence-corrected chi connectivity index (χ0v) is 65.5. The van der Waals surface area contributed by atoms with Gasteiger partial charge in [-0.05, 0) is 49.4 Å². The Morgan fingerprint density at radius 2 is 0.495 bits per heavy atom. The average Bonchev–Trinajstić information content (AvgIpc) is 2.38. The van der Waals surface area contributed by atoms with Crippen molar-refractivity contribution in [1.82, 2.24) is 0 Å². The minimum absolute atomic E-state index is 0.105. The Balaban J connectivity index is 5.19. The summed E-state index contributed by atoms with van der Waals surface area (Å²) in [6.45, 7) is 14.2. The fraction of sp³-hybridized carbons (Fsp3) is 0.949. The molecule has 0 radical (unpaired) electrons.